The molecule has 0 atom stereocenters. The molecule has 0 saturated carbocycles. The number of pyridine rings is 1. The topological polar surface area (TPSA) is 70.3 Å². The van der Waals surface area contributed by atoms with Gasteiger partial charge in [0.05, 0.1) is 23.0 Å². The first kappa shape index (κ1) is 16.6. The van der Waals surface area contributed by atoms with Gasteiger partial charge in [-0.2, -0.15) is 0 Å². The van der Waals surface area contributed by atoms with Gasteiger partial charge in [0.1, 0.15) is 12.3 Å². The van der Waals surface area contributed by atoms with Crippen molar-refractivity contribution in [2.24, 2.45) is 0 Å². The highest BCUT2D eigenvalue weighted by molar-refractivity contribution is 7.85. The van der Waals surface area contributed by atoms with Crippen LogP contribution in [0.15, 0.2) is 36.7 Å². The van der Waals surface area contributed by atoms with E-state index in [2.05, 4.69) is 11.5 Å². The van der Waals surface area contributed by atoms with E-state index in [9.17, 15) is 13.0 Å². The maximum absolute atomic E-state index is 9.78. The van der Waals surface area contributed by atoms with E-state index in [4.69, 9.17) is 4.74 Å². The Morgan fingerprint density at radius 1 is 1.39 bits per heavy atom. The molecule has 0 radical (unpaired) electrons. The third-order valence-corrected chi connectivity index (χ3v) is 2.60. The van der Waals surface area contributed by atoms with Gasteiger partial charge in [-0.1, -0.05) is 12.2 Å². The molecule has 0 aliphatic heterocycles. The van der Waals surface area contributed by atoms with Gasteiger partial charge in [-0.25, -0.2) is 13.0 Å². The van der Waals surface area contributed by atoms with Gasteiger partial charge in [-0.05, 0) is 13.8 Å². The Labute approximate surface area is 108 Å². The van der Waals surface area contributed by atoms with E-state index in [-0.39, 0.29) is 0 Å². The van der Waals surface area contributed by atoms with E-state index in [0.29, 0.717) is 0 Å². The molecule has 102 valence electrons. The van der Waals surface area contributed by atoms with Gasteiger partial charge in [0.15, 0.2) is 12.4 Å². The molecular weight excluding hydrogens is 254 g/mol. The number of hydrogen-bond donors (Lipinski definition) is 0. The van der Waals surface area contributed by atoms with Crippen molar-refractivity contribution in [2.75, 3.05) is 12.9 Å². The van der Waals surface area contributed by atoms with Crippen molar-refractivity contribution >= 4 is 10.1 Å². The molecule has 0 fully saturated rings. The van der Waals surface area contributed by atoms with E-state index >= 15 is 0 Å². The highest BCUT2D eigenvalue weighted by Gasteiger charge is 1.94. The second-order valence-electron chi connectivity index (χ2n) is 3.36. The molecule has 1 heterocycles. The summed E-state index contributed by atoms with van der Waals surface area (Å²) in [5.74, 6) is 0.508. The van der Waals surface area contributed by atoms with Crippen LogP contribution >= 0.6 is 0 Å². The maximum Gasteiger partial charge on any atom is 0.172 e. The van der Waals surface area contributed by atoms with Gasteiger partial charge in [0, 0.05) is 12.1 Å². The summed E-state index contributed by atoms with van der Waals surface area (Å²) in [6.07, 6.45) is 6.83. The second-order valence-corrected chi connectivity index (χ2v) is 4.81. The highest BCUT2D eigenvalue weighted by atomic mass is 32.2. The molecule has 1 rings (SSSR count). The number of methoxy groups -OCH3 is 1. The average molecular weight is 273 g/mol. The Bertz CT molecular complexity index is 428. The molecule has 0 aromatic carbocycles. The Morgan fingerprint density at radius 3 is 2.22 bits per heavy atom. The third kappa shape index (κ3) is 8.72. The molecule has 0 unspecified atom stereocenters. The van der Waals surface area contributed by atoms with Crippen molar-refractivity contribution < 1.29 is 22.3 Å². The third-order valence-electron chi connectivity index (χ3n) is 2.00. The second kappa shape index (κ2) is 8.66. The highest BCUT2D eigenvalue weighted by Crippen LogP contribution is 2.03. The Balaban J connectivity index is 0.000000331. The molecule has 0 bridgehead atoms. The summed E-state index contributed by atoms with van der Waals surface area (Å²) in [5, 5.41) is 0. The van der Waals surface area contributed by atoms with Crippen LogP contribution in [0.2, 0.25) is 0 Å². The smallest absolute Gasteiger partial charge is 0.172 e. The van der Waals surface area contributed by atoms with Crippen LogP contribution < -0.4 is 9.30 Å². The van der Waals surface area contributed by atoms with Crippen LogP contribution in [0.25, 0.3) is 0 Å². The first-order valence-electron chi connectivity index (χ1n) is 5.50. The molecular formula is C12H19NO4S. The molecule has 0 saturated heterocycles. The van der Waals surface area contributed by atoms with Crippen LogP contribution in [0.3, 0.4) is 0 Å². The standard InChI is InChI=1S/C8H12NO.C4H8O3S/c1-3-9-6-4-8(10-2)5-7-9;1-2-3-4-8(5,6)7/h4-7H,3H2,1-2H3;2-3H,4H2,1H3,(H,5,6,7)/q+1;/p-1. The predicted molar refractivity (Wildman–Crippen MR) is 68.2 cm³/mol. The molecule has 5 nitrogen and oxygen atoms in total. The van der Waals surface area contributed by atoms with Gasteiger partial charge in [0.2, 0.25) is 0 Å². The van der Waals surface area contributed by atoms with E-state index in [0.717, 1.165) is 12.3 Å². The number of hydrogen-bond acceptors (Lipinski definition) is 4. The van der Waals surface area contributed by atoms with Crippen LogP contribution in [0, 0.1) is 0 Å². The molecule has 1 aromatic rings. The zero-order chi connectivity index (χ0) is 14.0. The fourth-order valence-corrected chi connectivity index (χ4v) is 1.43. The predicted octanol–water partition coefficient (Wildman–Crippen LogP) is 1.11. The van der Waals surface area contributed by atoms with E-state index in [1.807, 2.05) is 24.5 Å². The molecule has 1 aromatic heterocycles. The summed E-state index contributed by atoms with van der Waals surface area (Å²) in [4.78, 5) is 0. The van der Waals surface area contributed by atoms with Crippen molar-refractivity contribution in [3.05, 3.63) is 36.7 Å². The van der Waals surface area contributed by atoms with Crippen molar-refractivity contribution in [3.8, 4) is 5.75 Å². The largest absolute Gasteiger partial charge is 0.748 e. The number of aryl methyl sites for hydroxylation is 1. The SMILES string of the molecule is CC=CCS(=O)(=O)[O-].CC[n+]1ccc(OC)cc1. The van der Waals surface area contributed by atoms with Gasteiger partial charge < -0.3 is 9.29 Å². The van der Waals surface area contributed by atoms with Crippen molar-refractivity contribution in [3.63, 3.8) is 0 Å². The van der Waals surface area contributed by atoms with Crippen LogP contribution in [0.5, 0.6) is 5.75 Å². The van der Waals surface area contributed by atoms with E-state index in [1.165, 1.54) is 12.2 Å². The lowest BCUT2D eigenvalue weighted by Crippen LogP contribution is -2.30. The van der Waals surface area contributed by atoms with Crippen molar-refractivity contribution in [1.29, 1.82) is 0 Å². The minimum absolute atomic E-state index is 0.399. The van der Waals surface area contributed by atoms with Crippen LogP contribution in [-0.4, -0.2) is 25.8 Å². The summed E-state index contributed by atoms with van der Waals surface area (Å²) in [5.41, 5.74) is 0. The van der Waals surface area contributed by atoms with Gasteiger partial charge in [-0.3, -0.25) is 0 Å². The minimum atomic E-state index is -4.02. The summed E-state index contributed by atoms with van der Waals surface area (Å²) in [7, 11) is -2.35. The van der Waals surface area contributed by atoms with Gasteiger partial charge >= 0.3 is 0 Å². The summed E-state index contributed by atoms with van der Waals surface area (Å²) >= 11 is 0. The van der Waals surface area contributed by atoms with Gasteiger partial charge in [0.25, 0.3) is 0 Å². The van der Waals surface area contributed by atoms with E-state index in [1.54, 1.807) is 14.0 Å². The molecule has 0 aliphatic carbocycles. The normalized spacial score (nSPS) is 10.9. The summed E-state index contributed by atoms with van der Waals surface area (Å²) < 4.78 is 36.4. The fraction of sp³-hybridized carbons (Fsp3) is 0.417. The fourth-order valence-electron chi connectivity index (χ4n) is 1.00. The Morgan fingerprint density at radius 2 is 1.94 bits per heavy atom. The average Bonchev–Trinajstić information content (AvgIpc) is 2.36. The maximum atomic E-state index is 9.78. The lowest BCUT2D eigenvalue weighted by molar-refractivity contribution is -0.693. The lowest BCUT2D eigenvalue weighted by atomic mass is 10.4. The minimum Gasteiger partial charge on any atom is -0.748 e. The number of nitrogens with zero attached hydrogens (tertiary/aromatic N) is 1. The zero-order valence-corrected chi connectivity index (χ0v) is 11.7. The first-order chi connectivity index (χ1) is 8.42. The molecule has 6 heteroatoms. The van der Waals surface area contributed by atoms with Crippen LogP contribution in [0.4, 0.5) is 0 Å². The monoisotopic (exact) mass is 273 g/mol. The van der Waals surface area contributed by atoms with E-state index < -0.39 is 15.9 Å². The molecule has 0 spiro atoms. The summed E-state index contributed by atoms with van der Waals surface area (Å²) in [6, 6.07) is 3.90. The lowest BCUT2D eigenvalue weighted by Gasteiger charge is -1.99. The molecule has 0 aliphatic rings. The van der Waals surface area contributed by atoms with Crippen molar-refractivity contribution in [2.45, 2.75) is 20.4 Å². The van der Waals surface area contributed by atoms with Crippen LogP contribution in [0.1, 0.15) is 13.8 Å². The zero-order valence-electron chi connectivity index (χ0n) is 10.9. The Hall–Kier alpha value is -1.40. The summed E-state index contributed by atoms with van der Waals surface area (Å²) in [6.45, 7) is 4.77. The Kier molecular flexibility index (Phi) is 7.98. The number of allylic oxidation sites excluding steroid dienone is 1. The molecule has 18 heavy (non-hydrogen) atoms. The van der Waals surface area contributed by atoms with Crippen molar-refractivity contribution in [1.82, 2.24) is 0 Å². The number of ether oxygens (including phenoxy) is 1. The molecule has 0 N–H and O–H groups in total. The quantitative estimate of drug-likeness (QED) is 0.468. The van der Waals surface area contributed by atoms with Crippen LogP contribution in [-0.2, 0) is 16.7 Å². The molecule has 0 amide bonds. The van der Waals surface area contributed by atoms with Gasteiger partial charge in [-0.15, -0.1) is 0 Å². The first-order valence-corrected chi connectivity index (χ1v) is 7.08. The number of rotatable bonds is 4. The number of aromatic nitrogens is 1.